The van der Waals surface area contributed by atoms with Gasteiger partial charge >= 0.3 is 21.7 Å². The summed E-state index contributed by atoms with van der Waals surface area (Å²) in [6, 6.07) is 2.21. The van der Waals surface area contributed by atoms with Crippen molar-refractivity contribution in [1.82, 2.24) is 0 Å². The van der Waals surface area contributed by atoms with E-state index in [1.165, 1.54) is 51.4 Å². The zero-order valence-electron chi connectivity index (χ0n) is 17.2. The molecule has 0 radical (unpaired) electrons. The summed E-state index contributed by atoms with van der Waals surface area (Å²) in [4.78, 5) is 0. The minimum absolute atomic E-state index is 0. The summed E-state index contributed by atoms with van der Waals surface area (Å²) in [5.74, 6) is -17.7. The van der Waals surface area contributed by atoms with Crippen LogP contribution >= 0.6 is 0 Å². The van der Waals surface area contributed by atoms with Crippen LogP contribution in [0.25, 0.3) is 0 Å². The summed E-state index contributed by atoms with van der Waals surface area (Å²) >= 11 is 0. The van der Waals surface area contributed by atoms with E-state index in [1.54, 1.807) is 0 Å². The second-order valence-corrected chi connectivity index (χ2v) is 6.61. The van der Waals surface area contributed by atoms with Gasteiger partial charge in [0.15, 0.2) is 0 Å². The molecule has 33 heavy (non-hydrogen) atoms. The standard InChI is InChI=1S/2C6HF4O.2C5H9.Ti/c2*7-2-1-3(8)5(10)6(11)4(2)9;2*1-2-4-5-3-1;/h2*11H;2*1H,2-5H2;/q4*-1;+4. The minimum atomic E-state index is -1.84. The molecule has 2 aromatic carbocycles. The first kappa shape index (κ1) is 31.2. The van der Waals surface area contributed by atoms with Crippen molar-refractivity contribution in [3.63, 3.8) is 0 Å². The summed E-state index contributed by atoms with van der Waals surface area (Å²) in [7, 11) is 0. The predicted molar refractivity (Wildman–Crippen MR) is 99.1 cm³/mol. The summed E-state index contributed by atoms with van der Waals surface area (Å²) in [6.45, 7) is 0. The second kappa shape index (κ2) is 15.9. The largest absolute Gasteiger partial charge is 4.00 e. The Morgan fingerprint density at radius 2 is 0.697 bits per heavy atom. The average molecular weight is 516 g/mol. The molecule has 2 aromatic rings. The number of halogens is 8. The smallest absolute Gasteiger partial charge is 0.528 e. The average Bonchev–Trinajstić information content (AvgIpc) is 3.53. The van der Waals surface area contributed by atoms with Gasteiger partial charge in [-0.2, -0.15) is 25.7 Å². The van der Waals surface area contributed by atoms with Crippen LogP contribution in [0.2, 0.25) is 0 Å². The molecule has 0 heterocycles. The first-order valence-electron chi connectivity index (χ1n) is 9.59. The molecule has 2 saturated carbocycles. The SMILES string of the molecule is Oc1c(F)c(F)[c-]c(F)c1F.Oc1c(F)c(F)[c-]c(F)c1F.[CH-]1CCCC1.[CH-]1CCCC1.[Ti+4]. The third-order valence-electron chi connectivity index (χ3n) is 4.17. The third kappa shape index (κ3) is 10.3. The van der Waals surface area contributed by atoms with Gasteiger partial charge in [-0.1, -0.05) is 25.7 Å². The number of phenols is 2. The van der Waals surface area contributed by atoms with Crippen molar-refractivity contribution in [3.05, 3.63) is 71.5 Å². The molecule has 2 fully saturated rings. The number of aromatic hydroxyl groups is 2. The molecule has 0 spiro atoms. The molecule has 2 nitrogen and oxygen atoms in total. The van der Waals surface area contributed by atoms with Gasteiger partial charge in [-0.3, -0.25) is 17.6 Å². The zero-order chi connectivity index (χ0) is 24.3. The van der Waals surface area contributed by atoms with Gasteiger partial charge in [0, 0.05) is 0 Å². The molecule has 0 unspecified atom stereocenters. The van der Waals surface area contributed by atoms with E-state index in [-0.39, 0.29) is 21.7 Å². The van der Waals surface area contributed by atoms with Crippen molar-refractivity contribution in [1.29, 1.82) is 0 Å². The maximum absolute atomic E-state index is 12.1. The van der Waals surface area contributed by atoms with Crippen LogP contribution in [0.4, 0.5) is 35.1 Å². The Kier molecular flexibility index (Phi) is 15.1. The van der Waals surface area contributed by atoms with Crippen LogP contribution in [-0.2, 0) is 21.7 Å². The van der Waals surface area contributed by atoms with Crippen molar-refractivity contribution in [2.45, 2.75) is 51.4 Å². The number of rotatable bonds is 0. The molecule has 2 aliphatic rings. The molecule has 0 aliphatic heterocycles. The second-order valence-electron chi connectivity index (χ2n) is 6.61. The Balaban J connectivity index is 0.000000434. The Hall–Kier alpha value is -1.81. The van der Waals surface area contributed by atoms with Crippen molar-refractivity contribution < 1.29 is 67.1 Å². The van der Waals surface area contributed by atoms with Gasteiger partial charge in [0.2, 0.25) is 0 Å². The molecule has 2 aliphatic carbocycles. The van der Waals surface area contributed by atoms with E-state index in [0.717, 1.165) is 12.1 Å². The molecule has 4 rings (SSSR count). The summed E-state index contributed by atoms with van der Waals surface area (Å²) in [5.41, 5.74) is 0. The quantitative estimate of drug-likeness (QED) is 0.171. The Labute approximate surface area is 201 Å². The van der Waals surface area contributed by atoms with Crippen LogP contribution in [0.1, 0.15) is 51.4 Å². The van der Waals surface area contributed by atoms with Crippen LogP contribution in [0.15, 0.2) is 0 Å². The number of hydrogen-bond donors (Lipinski definition) is 2. The van der Waals surface area contributed by atoms with Gasteiger partial charge in [0.1, 0.15) is 0 Å². The zero-order valence-corrected chi connectivity index (χ0v) is 18.8. The Morgan fingerprint density at radius 1 is 0.485 bits per heavy atom. The number of benzene rings is 2. The van der Waals surface area contributed by atoms with Crippen LogP contribution in [0, 0.1) is 71.5 Å². The fraction of sp³-hybridized carbons (Fsp3) is 0.364. The van der Waals surface area contributed by atoms with E-state index in [4.69, 9.17) is 10.2 Å². The van der Waals surface area contributed by atoms with Crippen molar-refractivity contribution >= 4 is 0 Å². The van der Waals surface area contributed by atoms with E-state index in [2.05, 4.69) is 12.8 Å². The maximum Gasteiger partial charge on any atom is 4.00 e. The fourth-order valence-electron chi connectivity index (χ4n) is 2.46. The van der Waals surface area contributed by atoms with Crippen LogP contribution in [0.3, 0.4) is 0 Å². The molecule has 11 heteroatoms. The van der Waals surface area contributed by atoms with Crippen LogP contribution in [0.5, 0.6) is 11.5 Å². The van der Waals surface area contributed by atoms with Crippen LogP contribution < -0.4 is 0 Å². The molecule has 0 aromatic heterocycles. The molecule has 2 N–H and O–H groups in total. The topological polar surface area (TPSA) is 40.5 Å². The fourth-order valence-corrected chi connectivity index (χ4v) is 2.46. The monoisotopic (exact) mass is 516 g/mol. The van der Waals surface area contributed by atoms with Gasteiger partial charge in [0.25, 0.3) is 0 Å². The van der Waals surface area contributed by atoms with Crippen molar-refractivity contribution in [2.75, 3.05) is 0 Å². The van der Waals surface area contributed by atoms with Gasteiger partial charge in [-0.05, 0) is 0 Å². The summed E-state index contributed by atoms with van der Waals surface area (Å²) < 4.78 is 96.5. The van der Waals surface area contributed by atoms with E-state index < -0.39 is 58.0 Å². The van der Waals surface area contributed by atoms with E-state index >= 15 is 0 Å². The van der Waals surface area contributed by atoms with E-state index in [0.29, 0.717) is 0 Å². The third-order valence-corrected chi connectivity index (χ3v) is 4.17. The summed E-state index contributed by atoms with van der Waals surface area (Å²) in [5, 5.41) is 16.6. The molecular formula is C22H20F8O2Ti. The molecular weight excluding hydrogens is 496 g/mol. The van der Waals surface area contributed by atoms with Crippen molar-refractivity contribution in [3.8, 4) is 11.5 Å². The first-order chi connectivity index (χ1) is 15.1. The Morgan fingerprint density at radius 3 is 0.848 bits per heavy atom. The van der Waals surface area contributed by atoms with Gasteiger partial charge in [-0.15, -0.1) is 12.1 Å². The molecule has 0 bridgehead atoms. The van der Waals surface area contributed by atoms with Gasteiger partial charge < -0.3 is 23.1 Å². The first-order valence-corrected chi connectivity index (χ1v) is 9.59. The predicted octanol–water partition coefficient (Wildman–Crippen LogP) is 7.02. The van der Waals surface area contributed by atoms with Crippen molar-refractivity contribution in [2.24, 2.45) is 0 Å². The summed E-state index contributed by atoms with van der Waals surface area (Å²) in [6.07, 6.45) is 16.0. The molecule has 0 atom stereocenters. The van der Waals surface area contributed by atoms with E-state index in [1.807, 2.05) is 0 Å². The maximum atomic E-state index is 12.1. The van der Waals surface area contributed by atoms with Gasteiger partial charge in [0.05, 0.1) is 58.0 Å². The number of hydrogen-bond acceptors (Lipinski definition) is 2. The minimum Gasteiger partial charge on any atom is -0.528 e. The Bertz CT molecular complexity index is 733. The van der Waals surface area contributed by atoms with Gasteiger partial charge in [-0.25, -0.2) is 17.6 Å². The molecule has 0 amide bonds. The van der Waals surface area contributed by atoms with Crippen LogP contribution in [-0.4, -0.2) is 10.2 Å². The molecule has 0 saturated heterocycles. The van der Waals surface area contributed by atoms with E-state index in [9.17, 15) is 35.1 Å². The number of phenolic OH excluding ortho intramolecular Hbond substituents is 2. The normalized spacial score (nSPS) is 14.1. The molecule has 180 valence electrons.